The van der Waals surface area contributed by atoms with E-state index < -0.39 is 5.41 Å². The summed E-state index contributed by atoms with van der Waals surface area (Å²) in [5.74, 6) is 0.0353. The van der Waals surface area contributed by atoms with Crippen molar-refractivity contribution in [3.05, 3.63) is 53.6 Å². The summed E-state index contributed by atoms with van der Waals surface area (Å²) in [7, 11) is 0. The Morgan fingerprint density at radius 2 is 1.67 bits per heavy atom. The molecule has 1 amide bonds. The second kappa shape index (κ2) is 6.06. The van der Waals surface area contributed by atoms with E-state index in [4.69, 9.17) is 0 Å². The summed E-state index contributed by atoms with van der Waals surface area (Å²) in [4.78, 5) is 13.7. The van der Waals surface area contributed by atoms with Crippen molar-refractivity contribution >= 4 is 33.0 Å². The number of benzene rings is 2. The van der Waals surface area contributed by atoms with Crippen LogP contribution in [0.25, 0.3) is 20.5 Å². The molecule has 0 atom stereocenters. The van der Waals surface area contributed by atoms with Crippen LogP contribution >= 0.6 is 11.3 Å². The van der Waals surface area contributed by atoms with Gasteiger partial charge in [-0.15, -0.1) is 11.3 Å². The van der Waals surface area contributed by atoms with Gasteiger partial charge in [0, 0.05) is 26.2 Å². The summed E-state index contributed by atoms with van der Waals surface area (Å²) in [5, 5.41) is 4.37. The zero-order valence-electron chi connectivity index (χ0n) is 14.9. The first-order valence-electron chi connectivity index (χ1n) is 8.17. The highest BCUT2D eigenvalue weighted by Gasteiger charge is 2.23. The lowest BCUT2D eigenvalue weighted by molar-refractivity contribution is -0.123. The number of carbonyl (C=O) groups is 1. The first-order valence-corrected chi connectivity index (χ1v) is 8.99. The Labute approximate surface area is 147 Å². The third-order valence-electron chi connectivity index (χ3n) is 4.25. The van der Waals surface area contributed by atoms with Gasteiger partial charge in [-0.2, -0.15) is 0 Å². The molecule has 0 aliphatic heterocycles. The first kappa shape index (κ1) is 16.7. The average Bonchev–Trinajstić information content (AvgIpc) is 2.93. The van der Waals surface area contributed by atoms with E-state index in [1.807, 2.05) is 20.8 Å². The lowest BCUT2D eigenvalue weighted by Gasteiger charge is -2.20. The lowest BCUT2D eigenvalue weighted by atomic mass is 9.94. The zero-order valence-corrected chi connectivity index (χ0v) is 15.7. The molecular formula is C21H23NOS. The Hall–Kier alpha value is -2.13. The minimum Gasteiger partial charge on any atom is -0.325 e. The van der Waals surface area contributed by atoms with Gasteiger partial charge in [0.05, 0.1) is 0 Å². The van der Waals surface area contributed by atoms with Crippen LogP contribution in [0.4, 0.5) is 5.69 Å². The van der Waals surface area contributed by atoms with Crippen LogP contribution in [0.15, 0.2) is 42.5 Å². The molecule has 0 aliphatic rings. The number of hydrogen-bond donors (Lipinski definition) is 1. The van der Waals surface area contributed by atoms with Gasteiger partial charge in [0.15, 0.2) is 0 Å². The molecule has 3 rings (SSSR count). The van der Waals surface area contributed by atoms with Crippen LogP contribution in [0.3, 0.4) is 0 Å². The van der Waals surface area contributed by atoms with Crippen LogP contribution in [0.5, 0.6) is 0 Å². The molecule has 0 saturated carbocycles. The number of rotatable bonds is 2. The second-order valence-corrected chi connectivity index (χ2v) is 8.42. The molecule has 2 nitrogen and oxygen atoms in total. The van der Waals surface area contributed by atoms with Gasteiger partial charge in [-0.25, -0.2) is 0 Å². The third-order valence-corrected chi connectivity index (χ3v) is 5.40. The fourth-order valence-electron chi connectivity index (χ4n) is 2.55. The van der Waals surface area contributed by atoms with E-state index in [9.17, 15) is 4.79 Å². The summed E-state index contributed by atoms with van der Waals surface area (Å²) in [5.41, 5.74) is 3.98. The molecule has 0 fully saturated rings. The standard InChI is InChI=1S/C21H23NOS/c1-13-10-16(19-12-15-8-6-7-9-18(15)24-19)17(11-14(13)2)22-20(23)21(3,4)5/h6-12H,1-5H3,(H,22,23). The van der Waals surface area contributed by atoms with Gasteiger partial charge in [-0.05, 0) is 54.6 Å². The number of nitrogens with one attached hydrogen (secondary N) is 1. The molecule has 1 N–H and O–H groups in total. The van der Waals surface area contributed by atoms with Crippen molar-refractivity contribution in [2.24, 2.45) is 5.41 Å². The van der Waals surface area contributed by atoms with Crippen molar-refractivity contribution in [1.82, 2.24) is 0 Å². The molecule has 0 radical (unpaired) electrons. The molecule has 1 aromatic heterocycles. The Kier molecular flexibility index (Phi) is 4.22. The lowest BCUT2D eigenvalue weighted by Crippen LogP contribution is -2.27. The first-order chi connectivity index (χ1) is 11.3. The summed E-state index contributed by atoms with van der Waals surface area (Å²) in [6, 6.07) is 14.8. The maximum Gasteiger partial charge on any atom is 0.229 e. The van der Waals surface area contributed by atoms with E-state index in [1.165, 1.54) is 26.1 Å². The fraction of sp³-hybridized carbons (Fsp3) is 0.286. The minimum absolute atomic E-state index is 0.0353. The van der Waals surface area contributed by atoms with Crippen LogP contribution < -0.4 is 5.32 Å². The number of hydrogen-bond acceptors (Lipinski definition) is 2. The molecule has 3 heteroatoms. The molecule has 0 bridgehead atoms. The number of carbonyl (C=O) groups excluding carboxylic acids is 1. The maximum atomic E-state index is 12.5. The highest BCUT2D eigenvalue weighted by molar-refractivity contribution is 7.22. The molecule has 3 aromatic rings. The Morgan fingerprint density at radius 1 is 1.00 bits per heavy atom. The predicted octanol–water partition coefficient (Wildman–Crippen LogP) is 6.17. The van der Waals surface area contributed by atoms with E-state index in [-0.39, 0.29) is 5.91 Å². The molecule has 124 valence electrons. The number of thiophene rings is 1. The Bertz CT molecular complexity index is 882. The third kappa shape index (κ3) is 3.22. The quantitative estimate of drug-likeness (QED) is 0.595. The monoisotopic (exact) mass is 337 g/mol. The predicted molar refractivity (Wildman–Crippen MR) is 105 cm³/mol. The summed E-state index contributed by atoms with van der Waals surface area (Å²) < 4.78 is 1.26. The van der Waals surface area contributed by atoms with Crippen LogP contribution in [0, 0.1) is 19.3 Å². The number of anilines is 1. The molecular weight excluding hydrogens is 314 g/mol. The Balaban J connectivity index is 2.12. The van der Waals surface area contributed by atoms with Crippen molar-refractivity contribution in [3.63, 3.8) is 0 Å². The van der Waals surface area contributed by atoms with Crippen LogP contribution in [0.2, 0.25) is 0 Å². The average molecular weight is 337 g/mol. The van der Waals surface area contributed by atoms with E-state index >= 15 is 0 Å². The van der Waals surface area contributed by atoms with E-state index in [0.717, 1.165) is 11.3 Å². The van der Waals surface area contributed by atoms with Crippen molar-refractivity contribution < 1.29 is 4.79 Å². The number of aryl methyl sites for hydroxylation is 2. The summed E-state index contributed by atoms with van der Waals surface area (Å²) >= 11 is 1.76. The number of amides is 1. The smallest absolute Gasteiger partial charge is 0.229 e. The SMILES string of the molecule is Cc1cc(NC(=O)C(C)(C)C)c(-c2cc3ccccc3s2)cc1C. The molecule has 24 heavy (non-hydrogen) atoms. The van der Waals surface area contributed by atoms with E-state index in [0.29, 0.717) is 0 Å². The topological polar surface area (TPSA) is 29.1 Å². The highest BCUT2D eigenvalue weighted by atomic mass is 32.1. The zero-order chi connectivity index (χ0) is 17.5. The Morgan fingerprint density at radius 3 is 2.33 bits per heavy atom. The highest BCUT2D eigenvalue weighted by Crippen LogP contribution is 2.39. The second-order valence-electron chi connectivity index (χ2n) is 7.33. The maximum absolute atomic E-state index is 12.5. The molecule has 0 aliphatic carbocycles. The molecule has 0 unspecified atom stereocenters. The van der Waals surface area contributed by atoms with Gasteiger partial charge < -0.3 is 5.32 Å². The van der Waals surface area contributed by atoms with Crippen molar-refractivity contribution in [2.45, 2.75) is 34.6 Å². The van der Waals surface area contributed by atoms with Gasteiger partial charge in [-0.3, -0.25) is 4.79 Å². The molecule has 1 heterocycles. The molecule has 2 aromatic carbocycles. The van der Waals surface area contributed by atoms with Gasteiger partial charge in [0.1, 0.15) is 0 Å². The largest absolute Gasteiger partial charge is 0.325 e. The van der Waals surface area contributed by atoms with Gasteiger partial charge in [0.25, 0.3) is 0 Å². The van der Waals surface area contributed by atoms with Crippen molar-refractivity contribution in [1.29, 1.82) is 0 Å². The van der Waals surface area contributed by atoms with Gasteiger partial charge in [0.2, 0.25) is 5.91 Å². The number of fused-ring (bicyclic) bond motifs is 1. The van der Waals surface area contributed by atoms with Gasteiger partial charge in [-0.1, -0.05) is 39.0 Å². The van der Waals surface area contributed by atoms with Crippen LogP contribution in [-0.4, -0.2) is 5.91 Å². The van der Waals surface area contributed by atoms with Crippen LogP contribution in [0.1, 0.15) is 31.9 Å². The molecule has 0 spiro atoms. The molecule has 0 saturated heterocycles. The summed E-state index contributed by atoms with van der Waals surface area (Å²) in [6.07, 6.45) is 0. The van der Waals surface area contributed by atoms with E-state index in [2.05, 4.69) is 61.6 Å². The minimum atomic E-state index is -0.420. The van der Waals surface area contributed by atoms with E-state index in [1.54, 1.807) is 11.3 Å². The van der Waals surface area contributed by atoms with Gasteiger partial charge >= 0.3 is 0 Å². The van der Waals surface area contributed by atoms with Crippen molar-refractivity contribution in [3.8, 4) is 10.4 Å². The van der Waals surface area contributed by atoms with Crippen LogP contribution in [-0.2, 0) is 4.79 Å². The fourth-order valence-corrected chi connectivity index (χ4v) is 3.64. The summed E-state index contributed by atoms with van der Waals surface area (Å²) in [6.45, 7) is 9.99. The normalized spacial score (nSPS) is 11.7. The van der Waals surface area contributed by atoms with Crippen molar-refractivity contribution in [2.75, 3.05) is 5.32 Å².